The van der Waals surface area contributed by atoms with Crippen LogP contribution in [0.25, 0.3) is 0 Å². The van der Waals surface area contributed by atoms with Crippen molar-refractivity contribution >= 4 is 23.5 Å². The van der Waals surface area contributed by atoms with Gasteiger partial charge in [-0.25, -0.2) is 0 Å². The molecule has 21 heavy (non-hydrogen) atoms. The Morgan fingerprint density at radius 3 is 2.67 bits per heavy atom. The minimum atomic E-state index is -0.343. The van der Waals surface area contributed by atoms with Gasteiger partial charge in [0.2, 0.25) is 0 Å². The summed E-state index contributed by atoms with van der Waals surface area (Å²) in [4.78, 5) is 22.7. The summed E-state index contributed by atoms with van der Waals surface area (Å²) in [6, 6.07) is 4.35. The number of esters is 1. The van der Waals surface area contributed by atoms with Gasteiger partial charge in [-0.2, -0.15) is 0 Å². The number of hydrogen-bond acceptors (Lipinski definition) is 4. The summed E-state index contributed by atoms with van der Waals surface area (Å²) in [5.41, 5.74) is 0.174. The lowest BCUT2D eigenvalue weighted by molar-refractivity contribution is -0.140. The SMILES string of the molecule is COC(=O)CCCCCCNC(=O)c1cc(Cl)ccc1O. The van der Waals surface area contributed by atoms with Crippen LogP contribution < -0.4 is 5.32 Å². The van der Waals surface area contributed by atoms with Crippen LogP contribution in [0.2, 0.25) is 5.02 Å². The predicted molar refractivity (Wildman–Crippen MR) is 80.6 cm³/mol. The monoisotopic (exact) mass is 313 g/mol. The molecule has 1 rings (SSSR count). The van der Waals surface area contributed by atoms with Crippen LogP contribution in [0.1, 0.15) is 42.5 Å². The van der Waals surface area contributed by atoms with Crippen molar-refractivity contribution in [2.24, 2.45) is 0 Å². The summed E-state index contributed by atoms with van der Waals surface area (Å²) in [6.07, 6.45) is 3.86. The largest absolute Gasteiger partial charge is 0.507 e. The number of nitrogens with one attached hydrogen (secondary N) is 1. The average molecular weight is 314 g/mol. The van der Waals surface area contributed by atoms with Gasteiger partial charge < -0.3 is 15.2 Å². The molecule has 0 atom stereocenters. The third kappa shape index (κ3) is 6.49. The molecule has 1 aromatic carbocycles. The van der Waals surface area contributed by atoms with Crippen molar-refractivity contribution in [1.29, 1.82) is 0 Å². The lowest BCUT2D eigenvalue weighted by Gasteiger charge is -2.07. The molecule has 0 heterocycles. The molecule has 0 radical (unpaired) electrons. The fraction of sp³-hybridized carbons (Fsp3) is 0.467. The summed E-state index contributed by atoms with van der Waals surface area (Å²) in [5, 5.41) is 12.7. The first-order valence-electron chi connectivity index (χ1n) is 6.88. The first kappa shape index (κ1) is 17.3. The van der Waals surface area contributed by atoms with E-state index in [-0.39, 0.29) is 23.2 Å². The van der Waals surface area contributed by atoms with Crippen LogP contribution in [-0.2, 0) is 9.53 Å². The highest BCUT2D eigenvalue weighted by atomic mass is 35.5. The summed E-state index contributed by atoms with van der Waals surface area (Å²) in [7, 11) is 1.38. The molecule has 2 N–H and O–H groups in total. The number of benzene rings is 1. The van der Waals surface area contributed by atoms with Crippen molar-refractivity contribution in [1.82, 2.24) is 5.32 Å². The van der Waals surface area contributed by atoms with Crippen molar-refractivity contribution in [2.75, 3.05) is 13.7 Å². The van der Waals surface area contributed by atoms with E-state index < -0.39 is 0 Å². The number of phenols is 1. The Morgan fingerprint density at radius 2 is 1.95 bits per heavy atom. The molecule has 0 spiro atoms. The third-order valence-electron chi connectivity index (χ3n) is 3.02. The molecular formula is C15H20ClNO4. The van der Waals surface area contributed by atoms with E-state index in [4.69, 9.17) is 11.6 Å². The van der Waals surface area contributed by atoms with E-state index in [0.717, 1.165) is 25.7 Å². The highest BCUT2D eigenvalue weighted by Gasteiger charge is 2.10. The Kier molecular flexibility index (Phi) is 7.61. The molecule has 1 amide bonds. The minimum absolute atomic E-state index is 0.0880. The van der Waals surface area contributed by atoms with E-state index >= 15 is 0 Å². The van der Waals surface area contributed by atoms with E-state index in [2.05, 4.69) is 10.1 Å². The number of amides is 1. The second kappa shape index (κ2) is 9.23. The van der Waals surface area contributed by atoms with Gasteiger partial charge in [0.25, 0.3) is 5.91 Å². The van der Waals surface area contributed by atoms with Crippen LogP contribution in [0.3, 0.4) is 0 Å². The van der Waals surface area contributed by atoms with E-state index in [1.54, 1.807) is 0 Å². The molecule has 0 aliphatic heterocycles. The van der Waals surface area contributed by atoms with E-state index in [9.17, 15) is 14.7 Å². The number of hydrogen-bond donors (Lipinski definition) is 2. The first-order valence-corrected chi connectivity index (χ1v) is 7.26. The molecule has 0 bridgehead atoms. The number of carbonyl (C=O) groups excluding carboxylic acids is 2. The smallest absolute Gasteiger partial charge is 0.305 e. The van der Waals surface area contributed by atoms with Gasteiger partial charge in [0.1, 0.15) is 5.75 Å². The van der Waals surface area contributed by atoms with Gasteiger partial charge >= 0.3 is 5.97 Å². The van der Waals surface area contributed by atoms with Crippen LogP contribution >= 0.6 is 11.6 Å². The fourth-order valence-corrected chi connectivity index (χ4v) is 2.01. The molecule has 0 fully saturated rings. The molecule has 6 heteroatoms. The third-order valence-corrected chi connectivity index (χ3v) is 3.26. The molecular weight excluding hydrogens is 294 g/mol. The van der Waals surface area contributed by atoms with Gasteiger partial charge in [0, 0.05) is 18.0 Å². The minimum Gasteiger partial charge on any atom is -0.507 e. The zero-order valence-corrected chi connectivity index (χ0v) is 12.8. The molecule has 1 aromatic rings. The van der Waals surface area contributed by atoms with Gasteiger partial charge in [-0.1, -0.05) is 24.4 Å². The maximum Gasteiger partial charge on any atom is 0.305 e. The molecule has 116 valence electrons. The van der Waals surface area contributed by atoms with Crippen LogP contribution in [0.5, 0.6) is 5.75 Å². The topological polar surface area (TPSA) is 75.6 Å². The van der Waals surface area contributed by atoms with Crippen LogP contribution in [-0.4, -0.2) is 30.6 Å². The standard InChI is InChI=1S/C15H20ClNO4/c1-21-14(19)6-4-2-3-5-9-17-15(20)12-10-11(16)7-8-13(12)18/h7-8,10,18H,2-6,9H2,1H3,(H,17,20). The van der Waals surface area contributed by atoms with Crippen molar-refractivity contribution in [3.05, 3.63) is 28.8 Å². The van der Waals surface area contributed by atoms with E-state index in [1.165, 1.54) is 25.3 Å². The summed E-state index contributed by atoms with van der Waals surface area (Å²) in [6.45, 7) is 0.517. The van der Waals surface area contributed by atoms with Crippen molar-refractivity contribution in [3.63, 3.8) is 0 Å². The number of methoxy groups -OCH3 is 1. The van der Waals surface area contributed by atoms with E-state index in [1.807, 2.05) is 0 Å². The normalized spacial score (nSPS) is 10.2. The van der Waals surface area contributed by atoms with Gasteiger partial charge in [-0.15, -0.1) is 0 Å². The number of unbranched alkanes of at least 4 members (excludes halogenated alkanes) is 3. The number of aromatic hydroxyl groups is 1. The maximum atomic E-state index is 11.8. The highest BCUT2D eigenvalue weighted by Crippen LogP contribution is 2.21. The molecule has 0 aliphatic rings. The summed E-state index contributed by atoms with van der Waals surface area (Å²) >= 11 is 5.79. The van der Waals surface area contributed by atoms with E-state index in [0.29, 0.717) is 18.0 Å². The lowest BCUT2D eigenvalue weighted by Crippen LogP contribution is -2.24. The Balaban J connectivity index is 2.19. The lowest BCUT2D eigenvalue weighted by atomic mass is 10.1. The van der Waals surface area contributed by atoms with Crippen molar-refractivity contribution in [2.45, 2.75) is 32.1 Å². The molecule has 0 saturated heterocycles. The van der Waals surface area contributed by atoms with Crippen LogP contribution in [0.4, 0.5) is 0 Å². The average Bonchev–Trinajstić information content (AvgIpc) is 2.48. The summed E-state index contributed by atoms with van der Waals surface area (Å²) in [5.74, 6) is -0.626. The maximum absolute atomic E-state index is 11.8. The van der Waals surface area contributed by atoms with Crippen molar-refractivity contribution in [3.8, 4) is 5.75 Å². The van der Waals surface area contributed by atoms with Gasteiger partial charge in [0.05, 0.1) is 12.7 Å². The highest BCUT2D eigenvalue weighted by molar-refractivity contribution is 6.31. The second-order valence-electron chi connectivity index (χ2n) is 4.66. The second-order valence-corrected chi connectivity index (χ2v) is 5.09. The fourth-order valence-electron chi connectivity index (χ4n) is 1.84. The molecule has 0 aromatic heterocycles. The van der Waals surface area contributed by atoms with Gasteiger partial charge in [0.15, 0.2) is 0 Å². The Bertz CT molecular complexity index is 491. The summed E-state index contributed by atoms with van der Waals surface area (Å²) < 4.78 is 4.55. The molecule has 0 saturated carbocycles. The number of phenolic OH excluding ortho intramolecular Hbond substituents is 1. The molecule has 0 aliphatic carbocycles. The molecule has 0 unspecified atom stereocenters. The van der Waals surface area contributed by atoms with Crippen molar-refractivity contribution < 1.29 is 19.4 Å². The molecule has 5 nitrogen and oxygen atoms in total. The Labute approximate surface area is 129 Å². The number of ether oxygens (including phenoxy) is 1. The first-order chi connectivity index (χ1) is 10.0. The number of rotatable bonds is 8. The zero-order chi connectivity index (χ0) is 15.7. The van der Waals surface area contributed by atoms with Gasteiger partial charge in [-0.05, 0) is 31.0 Å². The number of halogens is 1. The number of carbonyl (C=O) groups is 2. The van der Waals surface area contributed by atoms with Crippen LogP contribution in [0.15, 0.2) is 18.2 Å². The Morgan fingerprint density at radius 1 is 1.24 bits per heavy atom. The Hall–Kier alpha value is -1.75. The van der Waals surface area contributed by atoms with Gasteiger partial charge in [-0.3, -0.25) is 9.59 Å². The predicted octanol–water partition coefficient (Wildman–Crippen LogP) is 2.90. The zero-order valence-electron chi connectivity index (χ0n) is 12.0. The van der Waals surface area contributed by atoms with Crippen LogP contribution in [0, 0.1) is 0 Å². The quantitative estimate of drug-likeness (QED) is 0.571.